The van der Waals surface area contributed by atoms with Crippen LogP contribution in [-0.4, -0.2) is 15.0 Å². The summed E-state index contributed by atoms with van der Waals surface area (Å²) in [6, 6.07) is 0. The first-order valence-electron chi connectivity index (χ1n) is 2.96. The quantitative estimate of drug-likeness (QED) is 0.519. The molecule has 0 aromatic heterocycles. The number of hydrogen-bond acceptors (Lipinski definition) is 0. The average molecular weight is 163 g/mol. The summed E-state index contributed by atoms with van der Waals surface area (Å²) in [5.74, 6) is 2.36. The van der Waals surface area contributed by atoms with Crippen molar-refractivity contribution in [1.29, 1.82) is 0 Å². The second-order valence-electron chi connectivity index (χ2n) is 2.14. The van der Waals surface area contributed by atoms with Crippen molar-refractivity contribution in [3.05, 3.63) is 0 Å². The molecule has 1 saturated carbocycles. The third-order valence-electron chi connectivity index (χ3n) is 1.64. The Morgan fingerprint density at radius 3 is 2.14 bits per heavy atom. The van der Waals surface area contributed by atoms with E-state index < -0.39 is 0 Å². The predicted octanol–water partition coefficient (Wildman–Crippen LogP) is 2.10. The van der Waals surface area contributed by atoms with Gasteiger partial charge in [-0.3, -0.25) is 0 Å². The van der Waals surface area contributed by atoms with Crippen LogP contribution < -0.4 is 0 Å². The molecule has 0 aliphatic heterocycles. The van der Waals surface area contributed by atoms with Gasteiger partial charge in [0.1, 0.15) is 0 Å². The Balaban J connectivity index is 2.14. The molecule has 0 unspecified atom stereocenters. The molecule has 0 aromatic rings. The van der Waals surface area contributed by atoms with E-state index in [4.69, 9.17) is 0 Å². The van der Waals surface area contributed by atoms with Gasteiger partial charge in [0.15, 0.2) is 0 Å². The molecule has 0 spiro atoms. The van der Waals surface area contributed by atoms with Gasteiger partial charge in [-0.1, -0.05) is 0 Å². The molecule has 0 aromatic carbocycles. The van der Waals surface area contributed by atoms with Gasteiger partial charge in [0, 0.05) is 0 Å². The fourth-order valence-electron chi connectivity index (χ4n) is 1.12. The summed E-state index contributed by atoms with van der Waals surface area (Å²) in [7, 11) is 0. The summed E-state index contributed by atoms with van der Waals surface area (Å²) >= 11 is 0.955. The zero-order valence-corrected chi connectivity index (χ0v) is 6.53. The Bertz CT molecular complexity index is 46.1. The van der Waals surface area contributed by atoms with Crippen LogP contribution in [0.2, 0.25) is 10.6 Å². The number of hydrogen-bond donors (Lipinski definition) is 0. The standard InChI is InChI=1S/C6H12Se/c1-7-6-4-2-3-5-6/h6H,2-5H2,1H3. The van der Waals surface area contributed by atoms with Crippen LogP contribution in [0, 0.1) is 0 Å². The van der Waals surface area contributed by atoms with E-state index in [2.05, 4.69) is 5.82 Å². The van der Waals surface area contributed by atoms with Gasteiger partial charge in [0.25, 0.3) is 0 Å². The SMILES string of the molecule is C[Se]C1CCCC1. The van der Waals surface area contributed by atoms with E-state index in [0.717, 1.165) is 19.8 Å². The molecule has 0 atom stereocenters. The van der Waals surface area contributed by atoms with Gasteiger partial charge < -0.3 is 0 Å². The van der Waals surface area contributed by atoms with Crippen molar-refractivity contribution in [2.45, 2.75) is 36.3 Å². The van der Waals surface area contributed by atoms with Crippen molar-refractivity contribution < 1.29 is 0 Å². The van der Waals surface area contributed by atoms with Gasteiger partial charge in [-0.25, -0.2) is 0 Å². The maximum atomic E-state index is 2.36. The number of rotatable bonds is 1. The van der Waals surface area contributed by atoms with E-state index in [-0.39, 0.29) is 0 Å². The summed E-state index contributed by atoms with van der Waals surface area (Å²) < 4.78 is 0. The Morgan fingerprint density at radius 2 is 1.86 bits per heavy atom. The molecule has 7 heavy (non-hydrogen) atoms. The fraction of sp³-hybridized carbons (Fsp3) is 1.00. The maximum absolute atomic E-state index is 2.36. The van der Waals surface area contributed by atoms with Crippen LogP contribution in [0.1, 0.15) is 25.7 Å². The molecule has 0 amide bonds. The molecule has 0 nitrogen and oxygen atoms in total. The molecular weight excluding hydrogens is 151 g/mol. The van der Waals surface area contributed by atoms with Gasteiger partial charge in [-0.05, 0) is 0 Å². The van der Waals surface area contributed by atoms with E-state index in [0.29, 0.717) is 0 Å². The van der Waals surface area contributed by atoms with Crippen LogP contribution in [-0.2, 0) is 0 Å². The van der Waals surface area contributed by atoms with E-state index in [1.165, 1.54) is 25.7 Å². The van der Waals surface area contributed by atoms with Crippen molar-refractivity contribution >= 4 is 15.0 Å². The monoisotopic (exact) mass is 164 g/mol. The molecule has 1 rings (SSSR count). The normalized spacial score (nSPS) is 23.6. The van der Waals surface area contributed by atoms with Gasteiger partial charge in [0.2, 0.25) is 0 Å². The van der Waals surface area contributed by atoms with Crippen LogP contribution in [0.4, 0.5) is 0 Å². The molecule has 1 aliphatic carbocycles. The summed E-state index contributed by atoms with van der Waals surface area (Å²) in [6.07, 6.45) is 6.10. The van der Waals surface area contributed by atoms with E-state index in [1.54, 1.807) is 0 Å². The van der Waals surface area contributed by atoms with Crippen LogP contribution in [0.15, 0.2) is 0 Å². The van der Waals surface area contributed by atoms with Gasteiger partial charge in [-0.15, -0.1) is 0 Å². The third kappa shape index (κ3) is 1.47. The van der Waals surface area contributed by atoms with Gasteiger partial charge in [-0.2, -0.15) is 0 Å². The molecular formula is C6H12Se. The minimum absolute atomic E-state index is 0.955. The first-order valence-corrected chi connectivity index (χ1v) is 5.66. The van der Waals surface area contributed by atoms with Crippen LogP contribution in [0.25, 0.3) is 0 Å². The summed E-state index contributed by atoms with van der Waals surface area (Å²) in [4.78, 5) is 1.16. The zero-order chi connectivity index (χ0) is 5.11. The predicted molar refractivity (Wildman–Crippen MR) is 33.8 cm³/mol. The van der Waals surface area contributed by atoms with Crippen LogP contribution >= 0.6 is 0 Å². The van der Waals surface area contributed by atoms with Gasteiger partial charge >= 0.3 is 51.3 Å². The van der Waals surface area contributed by atoms with Crippen LogP contribution in [0.5, 0.6) is 0 Å². The molecule has 0 saturated heterocycles. The molecule has 1 fully saturated rings. The summed E-state index contributed by atoms with van der Waals surface area (Å²) in [5, 5.41) is 0. The van der Waals surface area contributed by atoms with E-state index >= 15 is 0 Å². The van der Waals surface area contributed by atoms with Gasteiger partial charge in [0.05, 0.1) is 0 Å². The molecule has 0 N–H and O–H groups in total. The summed E-state index contributed by atoms with van der Waals surface area (Å²) in [5.41, 5.74) is 0. The van der Waals surface area contributed by atoms with Crippen LogP contribution in [0.3, 0.4) is 0 Å². The molecule has 1 heteroatoms. The topological polar surface area (TPSA) is 0 Å². The van der Waals surface area contributed by atoms with Crippen molar-refractivity contribution in [2.24, 2.45) is 0 Å². The molecule has 0 radical (unpaired) electrons. The van der Waals surface area contributed by atoms with Crippen molar-refractivity contribution in [1.82, 2.24) is 0 Å². The second-order valence-corrected chi connectivity index (χ2v) is 4.53. The summed E-state index contributed by atoms with van der Waals surface area (Å²) in [6.45, 7) is 0. The Kier molecular flexibility index (Phi) is 2.21. The molecule has 1 aliphatic rings. The van der Waals surface area contributed by atoms with Crippen molar-refractivity contribution in [3.8, 4) is 0 Å². The van der Waals surface area contributed by atoms with Crippen molar-refractivity contribution in [3.63, 3.8) is 0 Å². The first-order chi connectivity index (χ1) is 3.43. The third-order valence-corrected chi connectivity index (χ3v) is 4.02. The zero-order valence-electron chi connectivity index (χ0n) is 4.81. The second kappa shape index (κ2) is 2.74. The van der Waals surface area contributed by atoms with E-state index in [1.807, 2.05) is 0 Å². The first kappa shape index (κ1) is 5.65. The Morgan fingerprint density at radius 1 is 1.29 bits per heavy atom. The molecule has 42 valence electrons. The minimum atomic E-state index is 0.955. The Hall–Kier alpha value is 0.519. The van der Waals surface area contributed by atoms with Crippen molar-refractivity contribution in [2.75, 3.05) is 0 Å². The molecule has 0 bridgehead atoms. The molecule has 0 heterocycles. The van der Waals surface area contributed by atoms with E-state index in [9.17, 15) is 0 Å². The fourth-order valence-corrected chi connectivity index (χ4v) is 2.81. The Labute approximate surface area is 51.8 Å². The average Bonchev–Trinajstić information content (AvgIpc) is 2.14.